The lowest BCUT2D eigenvalue weighted by molar-refractivity contribution is 0.875. The third-order valence-corrected chi connectivity index (χ3v) is 1.51. The normalized spacial score (nSPS) is 9.88. The van der Waals surface area contributed by atoms with E-state index in [2.05, 4.69) is 4.98 Å². The number of halogens is 1. The molecule has 1 aromatic rings. The van der Waals surface area contributed by atoms with E-state index in [0.717, 1.165) is 5.69 Å². The van der Waals surface area contributed by atoms with Crippen molar-refractivity contribution in [2.75, 3.05) is 0 Å². The fourth-order valence-corrected chi connectivity index (χ4v) is 0.648. The molecular weight excluding hydrogens is 124 g/mol. The van der Waals surface area contributed by atoms with Crippen molar-refractivity contribution < 1.29 is 0 Å². The Bertz CT molecular complexity index is 173. The summed E-state index contributed by atoms with van der Waals surface area (Å²) < 4.78 is 1.82. The molecule has 0 aliphatic rings. The van der Waals surface area contributed by atoms with Crippen LogP contribution in [0.15, 0.2) is 6.20 Å². The van der Waals surface area contributed by atoms with Gasteiger partial charge >= 0.3 is 0 Å². The second-order valence-electron chi connectivity index (χ2n) is 1.73. The molecule has 0 unspecified atom stereocenters. The van der Waals surface area contributed by atoms with E-state index < -0.39 is 0 Å². The van der Waals surface area contributed by atoms with Crippen LogP contribution in [0.2, 0.25) is 5.28 Å². The molecular formula is C5H7ClN2. The summed E-state index contributed by atoms with van der Waals surface area (Å²) in [5.41, 5.74) is 1.08. The Morgan fingerprint density at radius 2 is 2.38 bits per heavy atom. The van der Waals surface area contributed by atoms with Crippen LogP contribution in [-0.2, 0) is 7.05 Å². The zero-order valence-corrected chi connectivity index (χ0v) is 5.61. The van der Waals surface area contributed by atoms with Crippen molar-refractivity contribution in [2.24, 2.45) is 7.05 Å². The van der Waals surface area contributed by atoms with Crippen molar-refractivity contribution in [1.82, 2.24) is 9.55 Å². The SMILES string of the molecule is Cc1cnc(Cl)n1C. The molecule has 0 amide bonds. The maximum absolute atomic E-state index is 5.58. The predicted octanol–water partition coefficient (Wildman–Crippen LogP) is 1.38. The maximum atomic E-state index is 5.58. The van der Waals surface area contributed by atoms with Crippen molar-refractivity contribution in [3.8, 4) is 0 Å². The Kier molecular flexibility index (Phi) is 1.26. The Morgan fingerprint density at radius 3 is 2.50 bits per heavy atom. The molecule has 44 valence electrons. The van der Waals surface area contributed by atoms with Crippen LogP contribution in [0.25, 0.3) is 0 Å². The lowest BCUT2D eigenvalue weighted by Crippen LogP contribution is -1.88. The number of imidazole rings is 1. The molecule has 1 rings (SSSR count). The molecule has 0 fully saturated rings. The maximum Gasteiger partial charge on any atom is 0.202 e. The fraction of sp³-hybridized carbons (Fsp3) is 0.400. The van der Waals surface area contributed by atoms with E-state index in [0.29, 0.717) is 5.28 Å². The average Bonchev–Trinajstić information content (AvgIpc) is 1.98. The zero-order valence-electron chi connectivity index (χ0n) is 4.85. The molecule has 1 aromatic heterocycles. The van der Waals surface area contributed by atoms with Gasteiger partial charge in [0.1, 0.15) is 0 Å². The van der Waals surface area contributed by atoms with Gasteiger partial charge in [-0.1, -0.05) is 0 Å². The van der Waals surface area contributed by atoms with Crippen molar-refractivity contribution >= 4 is 11.6 Å². The highest BCUT2D eigenvalue weighted by molar-refractivity contribution is 6.28. The van der Waals surface area contributed by atoms with E-state index in [1.54, 1.807) is 6.20 Å². The monoisotopic (exact) mass is 130 g/mol. The highest BCUT2D eigenvalue weighted by atomic mass is 35.5. The van der Waals surface area contributed by atoms with Crippen LogP contribution in [0.5, 0.6) is 0 Å². The Hall–Kier alpha value is -0.500. The van der Waals surface area contributed by atoms with Crippen LogP contribution >= 0.6 is 11.6 Å². The summed E-state index contributed by atoms with van der Waals surface area (Å²) in [5, 5.41) is 0.544. The third-order valence-electron chi connectivity index (χ3n) is 1.16. The van der Waals surface area contributed by atoms with E-state index in [1.807, 2.05) is 18.5 Å². The lowest BCUT2D eigenvalue weighted by atomic mass is 10.5. The van der Waals surface area contributed by atoms with Crippen LogP contribution < -0.4 is 0 Å². The average molecular weight is 131 g/mol. The quantitative estimate of drug-likeness (QED) is 0.519. The largest absolute Gasteiger partial charge is 0.322 e. The minimum atomic E-state index is 0.544. The first-order valence-corrected chi connectivity index (χ1v) is 2.73. The van der Waals surface area contributed by atoms with E-state index in [1.165, 1.54) is 0 Å². The Labute approximate surface area is 53.1 Å². The standard InChI is InChI=1S/C5H7ClN2/c1-4-3-7-5(6)8(4)2/h3H,1-2H3. The summed E-state index contributed by atoms with van der Waals surface area (Å²) in [5.74, 6) is 0. The fourth-order valence-electron chi connectivity index (χ4n) is 0.465. The van der Waals surface area contributed by atoms with E-state index >= 15 is 0 Å². The van der Waals surface area contributed by atoms with Gasteiger partial charge in [-0.2, -0.15) is 0 Å². The van der Waals surface area contributed by atoms with Crippen molar-refractivity contribution in [3.05, 3.63) is 17.2 Å². The highest BCUT2D eigenvalue weighted by Crippen LogP contribution is 2.05. The molecule has 0 spiro atoms. The van der Waals surface area contributed by atoms with Gasteiger partial charge < -0.3 is 4.57 Å². The first kappa shape index (κ1) is 5.63. The number of hydrogen-bond donors (Lipinski definition) is 0. The number of rotatable bonds is 0. The molecule has 0 aromatic carbocycles. The summed E-state index contributed by atoms with van der Waals surface area (Å²) in [6.07, 6.45) is 1.74. The Balaban J connectivity index is 3.19. The summed E-state index contributed by atoms with van der Waals surface area (Å²) in [4.78, 5) is 3.84. The third kappa shape index (κ3) is 0.713. The molecule has 3 heteroatoms. The van der Waals surface area contributed by atoms with E-state index in [9.17, 15) is 0 Å². The topological polar surface area (TPSA) is 17.8 Å². The van der Waals surface area contributed by atoms with Gasteiger partial charge in [-0.3, -0.25) is 0 Å². The summed E-state index contributed by atoms with van der Waals surface area (Å²) in [6, 6.07) is 0. The summed E-state index contributed by atoms with van der Waals surface area (Å²) >= 11 is 5.58. The van der Waals surface area contributed by atoms with Gasteiger partial charge in [-0.15, -0.1) is 0 Å². The van der Waals surface area contributed by atoms with Gasteiger partial charge in [0.15, 0.2) is 0 Å². The van der Waals surface area contributed by atoms with Crippen molar-refractivity contribution in [2.45, 2.75) is 6.92 Å². The lowest BCUT2D eigenvalue weighted by Gasteiger charge is -1.91. The molecule has 0 saturated heterocycles. The molecule has 8 heavy (non-hydrogen) atoms. The zero-order chi connectivity index (χ0) is 6.15. The number of hydrogen-bond acceptors (Lipinski definition) is 1. The van der Waals surface area contributed by atoms with Crippen LogP contribution in [0.1, 0.15) is 5.69 Å². The van der Waals surface area contributed by atoms with Crippen molar-refractivity contribution in [1.29, 1.82) is 0 Å². The first-order chi connectivity index (χ1) is 3.72. The van der Waals surface area contributed by atoms with Crippen LogP contribution in [0, 0.1) is 6.92 Å². The first-order valence-electron chi connectivity index (χ1n) is 2.35. The molecule has 1 heterocycles. The van der Waals surface area contributed by atoms with E-state index in [-0.39, 0.29) is 0 Å². The van der Waals surface area contributed by atoms with Crippen LogP contribution in [0.4, 0.5) is 0 Å². The molecule has 0 N–H and O–H groups in total. The Morgan fingerprint density at radius 1 is 1.75 bits per heavy atom. The minimum Gasteiger partial charge on any atom is -0.322 e. The van der Waals surface area contributed by atoms with Crippen molar-refractivity contribution in [3.63, 3.8) is 0 Å². The second-order valence-corrected chi connectivity index (χ2v) is 2.07. The minimum absolute atomic E-state index is 0.544. The molecule has 0 aliphatic heterocycles. The summed E-state index contributed by atoms with van der Waals surface area (Å²) in [7, 11) is 1.88. The number of aromatic nitrogens is 2. The van der Waals surface area contributed by atoms with Gasteiger partial charge in [0, 0.05) is 18.9 Å². The second kappa shape index (κ2) is 1.78. The van der Waals surface area contributed by atoms with E-state index in [4.69, 9.17) is 11.6 Å². The smallest absolute Gasteiger partial charge is 0.202 e. The van der Waals surface area contributed by atoms with Gasteiger partial charge in [-0.05, 0) is 18.5 Å². The predicted molar refractivity (Wildman–Crippen MR) is 33.0 cm³/mol. The molecule has 0 aliphatic carbocycles. The molecule has 0 radical (unpaired) electrons. The molecule has 0 atom stereocenters. The highest BCUT2D eigenvalue weighted by Gasteiger charge is 1.95. The molecule has 2 nitrogen and oxygen atoms in total. The van der Waals surface area contributed by atoms with Crippen LogP contribution in [0.3, 0.4) is 0 Å². The molecule has 0 bridgehead atoms. The van der Waals surface area contributed by atoms with Gasteiger partial charge in [0.2, 0.25) is 5.28 Å². The van der Waals surface area contributed by atoms with Crippen LogP contribution in [-0.4, -0.2) is 9.55 Å². The van der Waals surface area contributed by atoms with Gasteiger partial charge in [-0.25, -0.2) is 4.98 Å². The van der Waals surface area contributed by atoms with Gasteiger partial charge in [0.05, 0.1) is 0 Å². The number of nitrogens with zero attached hydrogens (tertiary/aromatic N) is 2. The number of aryl methyl sites for hydroxylation is 1. The molecule has 0 saturated carbocycles. The van der Waals surface area contributed by atoms with Gasteiger partial charge in [0.25, 0.3) is 0 Å². The summed E-state index contributed by atoms with van der Waals surface area (Å²) in [6.45, 7) is 1.96.